The number of benzene rings is 1. The SMILES string of the molecule is COC(=O)N1CC=Cc2ccccc21. The molecule has 1 aliphatic rings. The molecule has 0 atom stereocenters. The van der Waals surface area contributed by atoms with Gasteiger partial charge in [-0.05, 0) is 11.6 Å². The third kappa shape index (κ3) is 1.37. The molecule has 1 aromatic rings. The summed E-state index contributed by atoms with van der Waals surface area (Å²) >= 11 is 0. The second kappa shape index (κ2) is 3.54. The van der Waals surface area contributed by atoms with Crippen LogP contribution in [0.4, 0.5) is 10.5 Å². The highest BCUT2D eigenvalue weighted by molar-refractivity contribution is 5.92. The fourth-order valence-corrected chi connectivity index (χ4v) is 1.54. The van der Waals surface area contributed by atoms with E-state index >= 15 is 0 Å². The molecule has 0 N–H and O–H groups in total. The number of ether oxygens (including phenoxy) is 1. The number of fused-ring (bicyclic) bond motifs is 1. The molecule has 1 aromatic carbocycles. The Kier molecular flexibility index (Phi) is 2.23. The van der Waals surface area contributed by atoms with Crippen LogP contribution in [0.5, 0.6) is 0 Å². The van der Waals surface area contributed by atoms with Crippen LogP contribution in [-0.2, 0) is 4.74 Å². The number of hydrogen-bond donors (Lipinski definition) is 0. The summed E-state index contributed by atoms with van der Waals surface area (Å²) in [5, 5.41) is 0. The van der Waals surface area contributed by atoms with Gasteiger partial charge in [0.15, 0.2) is 0 Å². The molecule has 2 rings (SSSR count). The predicted molar refractivity (Wildman–Crippen MR) is 55.2 cm³/mol. The first-order chi connectivity index (χ1) is 6.83. The summed E-state index contributed by atoms with van der Waals surface area (Å²) in [6.07, 6.45) is 3.63. The summed E-state index contributed by atoms with van der Waals surface area (Å²) < 4.78 is 4.70. The number of carbonyl (C=O) groups excluding carboxylic acids is 1. The van der Waals surface area contributed by atoms with Gasteiger partial charge in [0.25, 0.3) is 0 Å². The van der Waals surface area contributed by atoms with Gasteiger partial charge >= 0.3 is 6.09 Å². The average molecular weight is 189 g/mol. The molecule has 0 saturated heterocycles. The summed E-state index contributed by atoms with van der Waals surface area (Å²) in [4.78, 5) is 13.0. The average Bonchev–Trinajstić information content (AvgIpc) is 2.27. The number of anilines is 1. The number of para-hydroxylation sites is 1. The van der Waals surface area contributed by atoms with Gasteiger partial charge in [-0.15, -0.1) is 0 Å². The van der Waals surface area contributed by atoms with Gasteiger partial charge in [-0.25, -0.2) is 4.79 Å². The molecule has 14 heavy (non-hydrogen) atoms. The molecular weight excluding hydrogens is 178 g/mol. The van der Waals surface area contributed by atoms with Crippen molar-refractivity contribution in [3.8, 4) is 0 Å². The minimum atomic E-state index is -0.318. The van der Waals surface area contributed by atoms with Gasteiger partial charge in [-0.1, -0.05) is 30.4 Å². The number of nitrogens with zero attached hydrogens (tertiary/aromatic N) is 1. The third-order valence-electron chi connectivity index (χ3n) is 2.21. The largest absolute Gasteiger partial charge is 0.452 e. The molecule has 72 valence electrons. The summed E-state index contributed by atoms with van der Waals surface area (Å²) in [5.41, 5.74) is 1.95. The molecule has 0 fully saturated rings. The van der Waals surface area contributed by atoms with E-state index in [0.717, 1.165) is 11.3 Å². The second-order valence-corrected chi connectivity index (χ2v) is 3.04. The van der Waals surface area contributed by atoms with Crippen LogP contribution in [-0.4, -0.2) is 19.7 Å². The standard InChI is InChI=1S/C11H11NO2/c1-14-11(13)12-8-4-6-9-5-2-3-7-10(9)12/h2-7H,8H2,1H3. The zero-order valence-corrected chi connectivity index (χ0v) is 7.93. The Labute approximate surface area is 82.6 Å². The molecule has 0 radical (unpaired) electrons. The van der Waals surface area contributed by atoms with Gasteiger partial charge in [0.1, 0.15) is 0 Å². The molecule has 0 unspecified atom stereocenters. The molecule has 0 spiro atoms. The molecule has 3 heteroatoms. The zero-order chi connectivity index (χ0) is 9.97. The lowest BCUT2D eigenvalue weighted by Gasteiger charge is -2.24. The van der Waals surface area contributed by atoms with Gasteiger partial charge < -0.3 is 4.74 Å². The lowest BCUT2D eigenvalue weighted by Crippen LogP contribution is -2.32. The third-order valence-corrected chi connectivity index (χ3v) is 2.21. The first kappa shape index (κ1) is 8.81. The van der Waals surface area contributed by atoms with Crippen molar-refractivity contribution in [2.75, 3.05) is 18.6 Å². The quantitative estimate of drug-likeness (QED) is 0.626. The molecular formula is C11H11NO2. The van der Waals surface area contributed by atoms with Crippen LogP contribution >= 0.6 is 0 Å². The van der Waals surface area contributed by atoms with E-state index in [1.54, 1.807) is 4.90 Å². The van der Waals surface area contributed by atoms with Crippen molar-refractivity contribution in [3.05, 3.63) is 35.9 Å². The van der Waals surface area contributed by atoms with Crippen LogP contribution < -0.4 is 4.90 Å². The van der Waals surface area contributed by atoms with E-state index in [0.29, 0.717) is 6.54 Å². The van der Waals surface area contributed by atoms with E-state index in [1.807, 2.05) is 36.4 Å². The number of carbonyl (C=O) groups is 1. The Morgan fingerprint density at radius 1 is 1.43 bits per heavy atom. The Balaban J connectivity index is 2.40. The zero-order valence-electron chi connectivity index (χ0n) is 7.93. The molecule has 0 aliphatic carbocycles. The van der Waals surface area contributed by atoms with Gasteiger partial charge in [-0.3, -0.25) is 4.90 Å². The minimum absolute atomic E-state index is 0.318. The molecule has 0 bridgehead atoms. The maximum atomic E-state index is 11.4. The number of methoxy groups -OCH3 is 1. The summed E-state index contributed by atoms with van der Waals surface area (Å²) in [6, 6.07) is 7.74. The van der Waals surface area contributed by atoms with Crippen molar-refractivity contribution in [2.45, 2.75) is 0 Å². The Morgan fingerprint density at radius 2 is 2.21 bits per heavy atom. The highest BCUT2D eigenvalue weighted by Gasteiger charge is 2.19. The monoisotopic (exact) mass is 189 g/mol. The predicted octanol–water partition coefficient (Wildman–Crippen LogP) is 2.29. The van der Waals surface area contributed by atoms with Crippen molar-refractivity contribution in [1.82, 2.24) is 0 Å². The normalized spacial score (nSPS) is 13.6. The highest BCUT2D eigenvalue weighted by atomic mass is 16.5. The van der Waals surface area contributed by atoms with E-state index in [1.165, 1.54) is 7.11 Å². The fraction of sp³-hybridized carbons (Fsp3) is 0.182. The van der Waals surface area contributed by atoms with E-state index in [2.05, 4.69) is 0 Å². The number of rotatable bonds is 0. The highest BCUT2D eigenvalue weighted by Crippen LogP contribution is 2.25. The van der Waals surface area contributed by atoms with Crippen molar-refractivity contribution >= 4 is 17.9 Å². The lowest BCUT2D eigenvalue weighted by molar-refractivity contribution is 0.179. The van der Waals surface area contributed by atoms with E-state index in [4.69, 9.17) is 4.74 Å². The first-order valence-electron chi connectivity index (χ1n) is 4.44. The molecule has 1 amide bonds. The summed E-state index contributed by atoms with van der Waals surface area (Å²) in [5.74, 6) is 0. The van der Waals surface area contributed by atoms with E-state index in [-0.39, 0.29) is 6.09 Å². The summed E-state index contributed by atoms with van der Waals surface area (Å²) in [7, 11) is 1.39. The van der Waals surface area contributed by atoms with Crippen molar-refractivity contribution < 1.29 is 9.53 Å². The second-order valence-electron chi connectivity index (χ2n) is 3.04. The maximum Gasteiger partial charge on any atom is 0.414 e. The van der Waals surface area contributed by atoms with Crippen molar-refractivity contribution in [3.63, 3.8) is 0 Å². The minimum Gasteiger partial charge on any atom is -0.452 e. The lowest BCUT2D eigenvalue weighted by atomic mass is 10.1. The molecule has 1 aliphatic heterocycles. The van der Waals surface area contributed by atoms with Crippen LogP contribution in [0.25, 0.3) is 6.08 Å². The molecule has 0 aromatic heterocycles. The smallest absolute Gasteiger partial charge is 0.414 e. The van der Waals surface area contributed by atoms with Crippen LogP contribution in [0.3, 0.4) is 0 Å². The van der Waals surface area contributed by atoms with Crippen molar-refractivity contribution in [2.24, 2.45) is 0 Å². The van der Waals surface area contributed by atoms with Crippen LogP contribution in [0, 0.1) is 0 Å². The summed E-state index contributed by atoms with van der Waals surface area (Å²) in [6.45, 7) is 0.573. The van der Waals surface area contributed by atoms with Crippen molar-refractivity contribution in [1.29, 1.82) is 0 Å². The number of amides is 1. The molecule has 1 heterocycles. The molecule has 3 nitrogen and oxygen atoms in total. The van der Waals surface area contributed by atoms with Crippen LogP contribution in [0.2, 0.25) is 0 Å². The van der Waals surface area contributed by atoms with Gasteiger partial charge in [0.05, 0.1) is 12.8 Å². The van der Waals surface area contributed by atoms with Crippen LogP contribution in [0.15, 0.2) is 30.3 Å². The van der Waals surface area contributed by atoms with E-state index in [9.17, 15) is 4.79 Å². The Bertz CT molecular complexity index is 385. The van der Waals surface area contributed by atoms with E-state index < -0.39 is 0 Å². The Morgan fingerprint density at radius 3 is 3.00 bits per heavy atom. The number of hydrogen-bond acceptors (Lipinski definition) is 2. The molecule has 0 saturated carbocycles. The van der Waals surface area contributed by atoms with Gasteiger partial charge in [0.2, 0.25) is 0 Å². The van der Waals surface area contributed by atoms with Gasteiger partial charge in [-0.2, -0.15) is 0 Å². The van der Waals surface area contributed by atoms with Crippen LogP contribution in [0.1, 0.15) is 5.56 Å². The topological polar surface area (TPSA) is 29.5 Å². The Hall–Kier alpha value is -1.77. The first-order valence-corrected chi connectivity index (χ1v) is 4.44. The maximum absolute atomic E-state index is 11.4. The fourth-order valence-electron chi connectivity index (χ4n) is 1.54. The van der Waals surface area contributed by atoms with Gasteiger partial charge in [0, 0.05) is 6.54 Å².